The molecule has 0 saturated heterocycles. The molecule has 0 fully saturated rings. The van der Waals surface area contributed by atoms with E-state index in [1.54, 1.807) is 6.92 Å². The predicted molar refractivity (Wildman–Crippen MR) is 63.7 cm³/mol. The van der Waals surface area contributed by atoms with Crippen molar-refractivity contribution in [2.24, 2.45) is 0 Å². The van der Waals surface area contributed by atoms with Gasteiger partial charge in [0.2, 0.25) is 0 Å². The van der Waals surface area contributed by atoms with E-state index in [9.17, 15) is 4.79 Å². The smallest absolute Gasteiger partial charge is 0.310 e. The molecule has 82 valence electrons. The molecule has 2 heteroatoms. The zero-order chi connectivity index (χ0) is 11.8. The van der Waals surface area contributed by atoms with Crippen molar-refractivity contribution in [3.8, 4) is 11.8 Å². The summed E-state index contributed by atoms with van der Waals surface area (Å²) in [6.45, 7) is 5.88. The van der Waals surface area contributed by atoms with Crippen LogP contribution in [-0.2, 0) is 9.53 Å². The number of benzene rings is 1. The van der Waals surface area contributed by atoms with Gasteiger partial charge in [0.15, 0.2) is 0 Å². The molecule has 0 aliphatic rings. The highest BCUT2D eigenvalue weighted by atomic mass is 16.5. The van der Waals surface area contributed by atoms with Gasteiger partial charge in [-0.3, -0.25) is 4.79 Å². The molecule has 0 heterocycles. The summed E-state index contributed by atoms with van der Waals surface area (Å²) in [4.78, 5) is 11.1. The number of carbonyl (C=O) groups excluding carboxylic acids is 1. The first kappa shape index (κ1) is 12.1. The standard InChI is InChI=1S/C14H14O2/c1-3-16-14(15)11-12(2)9-10-13-7-5-4-6-8-13/h4-8H,2-3,11H2,1H3. The third-order valence-corrected chi connectivity index (χ3v) is 1.82. The van der Waals surface area contributed by atoms with Gasteiger partial charge in [-0.25, -0.2) is 0 Å². The van der Waals surface area contributed by atoms with Gasteiger partial charge in [0.25, 0.3) is 0 Å². The van der Waals surface area contributed by atoms with Gasteiger partial charge < -0.3 is 4.74 Å². The van der Waals surface area contributed by atoms with Crippen LogP contribution in [0.15, 0.2) is 42.5 Å². The second kappa shape index (κ2) is 6.47. The quantitative estimate of drug-likeness (QED) is 0.571. The predicted octanol–water partition coefficient (Wildman–Crippen LogP) is 2.55. The van der Waals surface area contributed by atoms with Gasteiger partial charge in [0.1, 0.15) is 0 Å². The van der Waals surface area contributed by atoms with Crippen LogP contribution in [0.25, 0.3) is 0 Å². The lowest BCUT2D eigenvalue weighted by molar-refractivity contribution is -0.142. The Morgan fingerprint density at radius 2 is 2.06 bits per heavy atom. The number of carbonyl (C=O) groups is 1. The number of esters is 1. The highest BCUT2D eigenvalue weighted by Crippen LogP contribution is 2.00. The van der Waals surface area contributed by atoms with E-state index in [2.05, 4.69) is 18.4 Å². The molecule has 0 saturated carbocycles. The van der Waals surface area contributed by atoms with E-state index in [4.69, 9.17) is 4.74 Å². The summed E-state index contributed by atoms with van der Waals surface area (Å²) < 4.78 is 4.80. The average molecular weight is 214 g/mol. The van der Waals surface area contributed by atoms with E-state index >= 15 is 0 Å². The Kier molecular flexibility index (Phi) is 4.88. The molecule has 0 N–H and O–H groups in total. The minimum absolute atomic E-state index is 0.160. The van der Waals surface area contributed by atoms with Crippen molar-refractivity contribution in [2.45, 2.75) is 13.3 Å². The molecule has 2 nitrogen and oxygen atoms in total. The fourth-order valence-electron chi connectivity index (χ4n) is 1.11. The third-order valence-electron chi connectivity index (χ3n) is 1.82. The van der Waals surface area contributed by atoms with Crippen molar-refractivity contribution < 1.29 is 9.53 Å². The maximum Gasteiger partial charge on any atom is 0.310 e. The van der Waals surface area contributed by atoms with Crippen LogP contribution < -0.4 is 0 Å². The molecule has 1 aromatic rings. The van der Waals surface area contributed by atoms with Gasteiger partial charge in [0.05, 0.1) is 13.0 Å². The normalized spacial score (nSPS) is 8.81. The van der Waals surface area contributed by atoms with Gasteiger partial charge in [-0.05, 0) is 19.1 Å². The first-order valence-corrected chi connectivity index (χ1v) is 5.13. The van der Waals surface area contributed by atoms with Crippen LogP contribution in [0.5, 0.6) is 0 Å². The fourth-order valence-corrected chi connectivity index (χ4v) is 1.11. The van der Waals surface area contributed by atoms with Crippen LogP contribution in [0.2, 0.25) is 0 Å². The summed E-state index contributed by atoms with van der Waals surface area (Å²) in [6.07, 6.45) is 0.160. The van der Waals surface area contributed by atoms with Crippen LogP contribution in [0.4, 0.5) is 0 Å². The maximum absolute atomic E-state index is 11.1. The SMILES string of the molecule is C=C(C#Cc1ccccc1)CC(=O)OCC. The number of ether oxygens (including phenoxy) is 1. The summed E-state index contributed by atoms with van der Waals surface area (Å²) in [6, 6.07) is 9.57. The third kappa shape index (κ3) is 4.47. The Bertz CT molecular complexity index is 421. The number of rotatable bonds is 3. The van der Waals surface area contributed by atoms with E-state index in [1.807, 2.05) is 30.3 Å². The van der Waals surface area contributed by atoms with Crippen molar-refractivity contribution in [3.05, 3.63) is 48.0 Å². The van der Waals surface area contributed by atoms with E-state index < -0.39 is 0 Å². The largest absolute Gasteiger partial charge is 0.466 e. The molecule has 1 aromatic carbocycles. The zero-order valence-electron chi connectivity index (χ0n) is 9.32. The van der Waals surface area contributed by atoms with Gasteiger partial charge in [-0.15, -0.1) is 0 Å². The van der Waals surface area contributed by atoms with Gasteiger partial charge in [-0.2, -0.15) is 0 Å². The van der Waals surface area contributed by atoms with Crippen LogP contribution in [-0.4, -0.2) is 12.6 Å². The molecular weight excluding hydrogens is 200 g/mol. The summed E-state index contributed by atoms with van der Waals surface area (Å²) in [7, 11) is 0. The van der Waals surface area contributed by atoms with Crippen molar-refractivity contribution in [2.75, 3.05) is 6.61 Å². The molecule has 16 heavy (non-hydrogen) atoms. The molecular formula is C14H14O2. The molecule has 0 amide bonds. The highest BCUT2D eigenvalue weighted by molar-refractivity contribution is 5.73. The first-order valence-electron chi connectivity index (χ1n) is 5.13. The van der Waals surface area contributed by atoms with Crippen LogP contribution in [0, 0.1) is 11.8 Å². The van der Waals surface area contributed by atoms with E-state index in [-0.39, 0.29) is 12.4 Å². The van der Waals surface area contributed by atoms with E-state index in [0.29, 0.717) is 12.2 Å². The van der Waals surface area contributed by atoms with Crippen molar-refractivity contribution in [1.29, 1.82) is 0 Å². The van der Waals surface area contributed by atoms with Crippen molar-refractivity contribution in [1.82, 2.24) is 0 Å². The molecule has 0 atom stereocenters. The number of hydrogen-bond donors (Lipinski definition) is 0. The monoisotopic (exact) mass is 214 g/mol. The van der Waals surface area contributed by atoms with E-state index in [1.165, 1.54) is 0 Å². The lowest BCUT2D eigenvalue weighted by atomic mass is 10.2. The Balaban J connectivity index is 2.52. The van der Waals surface area contributed by atoms with Crippen molar-refractivity contribution >= 4 is 5.97 Å². The van der Waals surface area contributed by atoms with Gasteiger partial charge in [0, 0.05) is 11.1 Å². The minimum Gasteiger partial charge on any atom is -0.466 e. The lowest BCUT2D eigenvalue weighted by Gasteiger charge is -1.98. The summed E-state index contributed by atoms with van der Waals surface area (Å²) in [5.41, 5.74) is 1.48. The first-order chi connectivity index (χ1) is 7.72. The maximum atomic E-state index is 11.1. The molecule has 0 aromatic heterocycles. The Morgan fingerprint density at radius 1 is 1.38 bits per heavy atom. The molecule has 0 spiro atoms. The topological polar surface area (TPSA) is 26.3 Å². The average Bonchev–Trinajstić information content (AvgIpc) is 2.28. The fraction of sp³-hybridized carbons (Fsp3) is 0.214. The molecule has 0 aliphatic heterocycles. The Labute approximate surface area is 95.9 Å². The zero-order valence-corrected chi connectivity index (χ0v) is 9.32. The molecule has 0 unspecified atom stereocenters. The number of hydrogen-bond acceptors (Lipinski definition) is 2. The van der Waals surface area contributed by atoms with E-state index in [0.717, 1.165) is 5.56 Å². The van der Waals surface area contributed by atoms with Crippen LogP contribution in [0.1, 0.15) is 18.9 Å². The van der Waals surface area contributed by atoms with Crippen LogP contribution in [0.3, 0.4) is 0 Å². The molecule has 1 rings (SSSR count). The lowest BCUT2D eigenvalue weighted by Crippen LogP contribution is -2.03. The molecule has 0 bridgehead atoms. The Hall–Kier alpha value is -2.01. The summed E-state index contributed by atoms with van der Waals surface area (Å²) >= 11 is 0. The molecule has 0 radical (unpaired) electrons. The second-order valence-electron chi connectivity index (χ2n) is 3.20. The van der Waals surface area contributed by atoms with Crippen molar-refractivity contribution in [3.63, 3.8) is 0 Å². The van der Waals surface area contributed by atoms with Gasteiger partial charge >= 0.3 is 5.97 Å². The highest BCUT2D eigenvalue weighted by Gasteiger charge is 2.01. The second-order valence-corrected chi connectivity index (χ2v) is 3.20. The van der Waals surface area contributed by atoms with Crippen LogP contribution >= 0.6 is 0 Å². The van der Waals surface area contributed by atoms with Gasteiger partial charge in [-0.1, -0.05) is 36.6 Å². The summed E-state index contributed by atoms with van der Waals surface area (Å²) in [5.74, 6) is 5.49. The summed E-state index contributed by atoms with van der Waals surface area (Å²) in [5, 5.41) is 0. The molecule has 0 aliphatic carbocycles. The Morgan fingerprint density at radius 3 is 2.69 bits per heavy atom. The minimum atomic E-state index is -0.283.